The Balaban J connectivity index is 1.53. The van der Waals surface area contributed by atoms with E-state index in [2.05, 4.69) is 5.32 Å². The molecule has 1 N–H and O–H groups in total. The van der Waals surface area contributed by atoms with Crippen LogP contribution in [0.25, 0.3) is 0 Å². The predicted molar refractivity (Wildman–Crippen MR) is 87.1 cm³/mol. The summed E-state index contributed by atoms with van der Waals surface area (Å²) in [5, 5.41) is 3.46. The number of hydrogen-bond acceptors (Lipinski definition) is 3. The molecule has 1 aromatic rings. The lowest BCUT2D eigenvalue weighted by atomic mass is 9.78. The van der Waals surface area contributed by atoms with Crippen LogP contribution in [0.3, 0.4) is 0 Å². The third-order valence-electron chi connectivity index (χ3n) is 5.26. The second kappa shape index (κ2) is 6.29. The van der Waals surface area contributed by atoms with Crippen molar-refractivity contribution in [3.05, 3.63) is 29.3 Å². The number of carbonyl (C=O) groups excluding carboxylic acids is 1. The molecule has 0 radical (unpaired) electrons. The largest absolute Gasteiger partial charge is 0.483 e. The average molecular weight is 302 g/mol. The summed E-state index contributed by atoms with van der Waals surface area (Å²) in [6.45, 7) is 8.18. The molecule has 22 heavy (non-hydrogen) atoms. The summed E-state index contributed by atoms with van der Waals surface area (Å²) in [5.74, 6) is 0.966. The molecule has 0 saturated carbocycles. The highest BCUT2D eigenvalue weighted by Crippen LogP contribution is 2.36. The van der Waals surface area contributed by atoms with E-state index in [9.17, 15) is 4.79 Å². The number of hydrogen-bond donors (Lipinski definition) is 1. The number of amides is 1. The molecule has 1 aromatic carbocycles. The minimum atomic E-state index is 0.114. The Labute approximate surface area is 132 Å². The van der Waals surface area contributed by atoms with Crippen molar-refractivity contribution in [3.63, 3.8) is 0 Å². The van der Waals surface area contributed by atoms with E-state index in [0.29, 0.717) is 5.41 Å². The zero-order valence-corrected chi connectivity index (χ0v) is 13.7. The molecule has 120 valence electrons. The van der Waals surface area contributed by atoms with Gasteiger partial charge in [-0.05, 0) is 56.2 Å². The molecule has 2 heterocycles. The Bertz CT molecular complexity index is 520. The molecule has 0 bridgehead atoms. The summed E-state index contributed by atoms with van der Waals surface area (Å²) in [5.41, 5.74) is 2.62. The third-order valence-corrected chi connectivity index (χ3v) is 5.26. The van der Waals surface area contributed by atoms with Crippen LogP contribution in [0.1, 0.15) is 30.4 Å². The molecule has 2 saturated heterocycles. The third kappa shape index (κ3) is 3.12. The lowest BCUT2D eigenvalue weighted by molar-refractivity contribution is -0.135. The maximum Gasteiger partial charge on any atom is 0.260 e. The molecule has 4 heteroatoms. The maximum atomic E-state index is 12.4. The first kappa shape index (κ1) is 15.3. The highest BCUT2D eigenvalue weighted by Gasteiger charge is 2.38. The standard InChI is InChI=1S/C18H26N2O2/c1-14-4-3-5-15(2)17(14)22-12-16(21)20-10-7-18(8-11-20)6-9-19-13-18/h3-5,19H,6-13H2,1-2H3. The molecule has 2 fully saturated rings. The van der Waals surface area contributed by atoms with Gasteiger partial charge in [0, 0.05) is 19.6 Å². The Hall–Kier alpha value is -1.55. The summed E-state index contributed by atoms with van der Waals surface area (Å²) in [4.78, 5) is 14.4. The van der Waals surface area contributed by atoms with Gasteiger partial charge in [0.15, 0.2) is 6.61 Å². The van der Waals surface area contributed by atoms with Crippen LogP contribution in [0.5, 0.6) is 5.75 Å². The number of carbonyl (C=O) groups is 1. The molecular weight excluding hydrogens is 276 g/mol. The van der Waals surface area contributed by atoms with Crippen LogP contribution in [0, 0.1) is 19.3 Å². The Morgan fingerprint density at radius 2 is 1.91 bits per heavy atom. The van der Waals surface area contributed by atoms with Crippen molar-refractivity contribution in [2.75, 3.05) is 32.8 Å². The molecule has 0 aromatic heterocycles. The summed E-state index contributed by atoms with van der Waals surface area (Å²) in [6, 6.07) is 6.05. The van der Waals surface area contributed by atoms with Gasteiger partial charge in [-0.15, -0.1) is 0 Å². The number of benzene rings is 1. The second-order valence-corrected chi connectivity index (χ2v) is 6.82. The van der Waals surface area contributed by atoms with Crippen LogP contribution in [-0.2, 0) is 4.79 Å². The summed E-state index contributed by atoms with van der Waals surface area (Å²) < 4.78 is 5.80. The van der Waals surface area contributed by atoms with Crippen molar-refractivity contribution < 1.29 is 9.53 Å². The fourth-order valence-electron chi connectivity index (χ4n) is 3.70. The van der Waals surface area contributed by atoms with Gasteiger partial charge >= 0.3 is 0 Å². The monoisotopic (exact) mass is 302 g/mol. The number of aryl methyl sites for hydroxylation is 2. The van der Waals surface area contributed by atoms with Gasteiger partial charge in [0.05, 0.1) is 0 Å². The van der Waals surface area contributed by atoms with E-state index in [0.717, 1.165) is 55.9 Å². The van der Waals surface area contributed by atoms with E-state index < -0.39 is 0 Å². The number of para-hydroxylation sites is 1. The van der Waals surface area contributed by atoms with Crippen molar-refractivity contribution in [2.24, 2.45) is 5.41 Å². The molecule has 3 rings (SSSR count). The number of rotatable bonds is 3. The van der Waals surface area contributed by atoms with Gasteiger partial charge in [0.2, 0.25) is 0 Å². The fraction of sp³-hybridized carbons (Fsp3) is 0.611. The van der Waals surface area contributed by atoms with Crippen molar-refractivity contribution >= 4 is 5.91 Å². The zero-order chi connectivity index (χ0) is 15.6. The SMILES string of the molecule is Cc1cccc(C)c1OCC(=O)N1CCC2(CCNC2)CC1. The molecule has 2 aliphatic heterocycles. The van der Waals surface area contributed by atoms with Gasteiger partial charge in [0.25, 0.3) is 5.91 Å². The van der Waals surface area contributed by atoms with Crippen molar-refractivity contribution in [1.29, 1.82) is 0 Å². The molecule has 0 unspecified atom stereocenters. The van der Waals surface area contributed by atoms with Gasteiger partial charge in [-0.3, -0.25) is 4.79 Å². The second-order valence-electron chi connectivity index (χ2n) is 6.82. The number of likely N-dealkylation sites (tertiary alicyclic amines) is 1. The highest BCUT2D eigenvalue weighted by atomic mass is 16.5. The van der Waals surface area contributed by atoms with Crippen LogP contribution in [0.2, 0.25) is 0 Å². The smallest absolute Gasteiger partial charge is 0.260 e. The minimum Gasteiger partial charge on any atom is -0.483 e. The lowest BCUT2D eigenvalue weighted by Gasteiger charge is -2.38. The summed E-state index contributed by atoms with van der Waals surface area (Å²) in [7, 11) is 0. The molecule has 2 aliphatic rings. The Morgan fingerprint density at radius 1 is 1.23 bits per heavy atom. The highest BCUT2D eigenvalue weighted by molar-refractivity contribution is 5.78. The molecular formula is C18H26N2O2. The zero-order valence-electron chi connectivity index (χ0n) is 13.7. The first-order valence-electron chi connectivity index (χ1n) is 8.27. The molecule has 1 spiro atoms. The van der Waals surface area contributed by atoms with Crippen LogP contribution in [-0.4, -0.2) is 43.6 Å². The lowest BCUT2D eigenvalue weighted by Crippen LogP contribution is -2.45. The van der Waals surface area contributed by atoms with Crippen molar-refractivity contribution in [3.8, 4) is 5.75 Å². The van der Waals surface area contributed by atoms with Gasteiger partial charge < -0.3 is 15.0 Å². The van der Waals surface area contributed by atoms with Crippen LogP contribution >= 0.6 is 0 Å². The fourth-order valence-corrected chi connectivity index (χ4v) is 3.70. The number of piperidine rings is 1. The van der Waals surface area contributed by atoms with Crippen molar-refractivity contribution in [2.45, 2.75) is 33.1 Å². The number of nitrogens with zero attached hydrogens (tertiary/aromatic N) is 1. The first-order chi connectivity index (χ1) is 10.6. The molecule has 4 nitrogen and oxygen atoms in total. The predicted octanol–water partition coefficient (Wildman–Crippen LogP) is 2.28. The van der Waals surface area contributed by atoms with E-state index >= 15 is 0 Å². The molecule has 0 aliphatic carbocycles. The quantitative estimate of drug-likeness (QED) is 0.931. The van der Waals surface area contributed by atoms with E-state index in [1.165, 1.54) is 6.42 Å². The van der Waals surface area contributed by atoms with Crippen LogP contribution in [0.15, 0.2) is 18.2 Å². The Morgan fingerprint density at radius 3 is 2.50 bits per heavy atom. The first-order valence-corrected chi connectivity index (χ1v) is 8.27. The number of nitrogens with one attached hydrogen (secondary N) is 1. The topological polar surface area (TPSA) is 41.6 Å². The van der Waals surface area contributed by atoms with Crippen LogP contribution in [0.4, 0.5) is 0 Å². The van der Waals surface area contributed by atoms with Crippen LogP contribution < -0.4 is 10.1 Å². The van der Waals surface area contributed by atoms with Gasteiger partial charge in [0.1, 0.15) is 5.75 Å². The summed E-state index contributed by atoms with van der Waals surface area (Å²) in [6.07, 6.45) is 3.50. The Kier molecular flexibility index (Phi) is 4.39. The van der Waals surface area contributed by atoms with E-state index in [-0.39, 0.29) is 12.5 Å². The van der Waals surface area contributed by atoms with Gasteiger partial charge in [-0.1, -0.05) is 18.2 Å². The minimum absolute atomic E-state index is 0.114. The van der Waals surface area contributed by atoms with Crippen molar-refractivity contribution in [1.82, 2.24) is 10.2 Å². The van der Waals surface area contributed by atoms with E-state index in [1.807, 2.05) is 36.9 Å². The van der Waals surface area contributed by atoms with Gasteiger partial charge in [-0.25, -0.2) is 0 Å². The molecule has 0 atom stereocenters. The van der Waals surface area contributed by atoms with E-state index in [4.69, 9.17) is 4.74 Å². The average Bonchev–Trinajstić information content (AvgIpc) is 2.95. The van der Waals surface area contributed by atoms with Gasteiger partial charge in [-0.2, -0.15) is 0 Å². The number of ether oxygens (including phenoxy) is 1. The normalized spacial score (nSPS) is 20.4. The van der Waals surface area contributed by atoms with E-state index in [1.54, 1.807) is 0 Å². The summed E-state index contributed by atoms with van der Waals surface area (Å²) >= 11 is 0. The molecule has 1 amide bonds. The maximum absolute atomic E-state index is 12.4.